The van der Waals surface area contributed by atoms with Gasteiger partial charge in [0, 0.05) is 42.2 Å². The lowest BCUT2D eigenvalue weighted by Crippen LogP contribution is -1.88. The van der Waals surface area contributed by atoms with Gasteiger partial charge in [-0.15, -0.1) is 0 Å². The van der Waals surface area contributed by atoms with Crippen LogP contribution in [0.15, 0.2) is 47.7 Å². The van der Waals surface area contributed by atoms with E-state index in [9.17, 15) is 0 Å². The molecule has 0 saturated heterocycles. The van der Waals surface area contributed by atoms with Crippen LogP contribution < -0.4 is 0 Å². The molecule has 3 heteroatoms. The lowest BCUT2D eigenvalue weighted by molar-refractivity contribution is 0.948. The van der Waals surface area contributed by atoms with Gasteiger partial charge in [0.25, 0.3) is 0 Å². The van der Waals surface area contributed by atoms with Crippen molar-refractivity contribution in [3.8, 4) is 11.1 Å². The molecule has 0 radical (unpaired) electrons. The number of hydrogen-bond donors (Lipinski definition) is 0. The topological polar surface area (TPSA) is 30.2 Å². The molecule has 0 N–H and O–H groups in total. The molecule has 3 heterocycles. The zero-order valence-electron chi connectivity index (χ0n) is 9.96. The van der Waals surface area contributed by atoms with Crippen LogP contribution in [-0.2, 0) is 7.05 Å². The number of benzene rings is 1. The van der Waals surface area contributed by atoms with E-state index in [4.69, 9.17) is 0 Å². The summed E-state index contributed by atoms with van der Waals surface area (Å²) in [5.74, 6) is 0. The van der Waals surface area contributed by atoms with Gasteiger partial charge in [-0.1, -0.05) is 18.2 Å². The average molecular weight is 233 g/mol. The van der Waals surface area contributed by atoms with Gasteiger partial charge < -0.3 is 4.57 Å². The van der Waals surface area contributed by atoms with Gasteiger partial charge in [0.05, 0.1) is 5.69 Å². The van der Waals surface area contributed by atoms with Gasteiger partial charge in [0.1, 0.15) is 5.65 Å². The third-order valence-corrected chi connectivity index (χ3v) is 3.42. The highest BCUT2D eigenvalue weighted by Gasteiger charge is 2.16. The summed E-state index contributed by atoms with van der Waals surface area (Å²) in [5, 5.41) is 1.19. The summed E-state index contributed by atoms with van der Waals surface area (Å²) in [6.45, 7) is 0. The van der Waals surface area contributed by atoms with Crippen LogP contribution in [0.3, 0.4) is 0 Å². The van der Waals surface area contributed by atoms with E-state index in [1.54, 1.807) is 0 Å². The van der Waals surface area contributed by atoms with Crippen molar-refractivity contribution < 1.29 is 0 Å². The predicted octanol–water partition coefficient (Wildman–Crippen LogP) is 3.30. The monoisotopic (exact) mass is 233 g/mol. The van der Waals surface area contributed by atoms with Gasteiger partial charge in [-0.2, -0.15) is 0 Å². The number of fused-ring (bicyclic) bond motifs is 2. The standard InChI is InChI=1S/C15H11N3/c1-18-9-10-8-17-13-5-3-2-4-11(13)12-6-7-16-15(18)14(10)12/h2-9H,1H3. The first-order chi connectivity index (χ1) is 8.84. The van der Waals surface area contributed by atoms with E-state index >= 15 is 0 Å². The maximum absolute atomic E-state index is 4.57. The maximum Gasteiger partial charge on any atom is 0.140 e. The largest absolute Gasteiger partial charge is 0.335 e. The number of aliphatic imine (C=N–C) groups is 1. The number of rotatable bonds is 0. The molecule has 0 atom stereocenters. The Labute approximate surface area is 104 Å². The summed E-state index contributed by atoms with van der Waals surface area (Å²) >= 11 is 0. The summed E-state index contributed by atoms with van der Waals surface area (Å²) < 4.78 is 2.05. The van der Waals surface area contributed by atoms with Crippen molar-refractivity contribution in [2.75, 3.05) is 0 Å². The highest BCUT2D eigenvalue weighted by Crippen LogP contribution is 2.38. The molecule has 1 aromatic carbocycles. The second-order valence-corrected chi connectivity index (χ2v) is 4.53. The fraction of sp³-hybridized carbons (Fsp3) is 0.0667. The van der Waals surface area contributed by atoms with Gasteiger partial charge in [-0.25, -0.2) is 4.98 Å². The molecule has 4 rings (SSSR count). The molecule has 0 amide bonds. The third kappa shape index (κ3) is 1.13. The highest BCUT2D eigenvalue weighted by molar-refractivity contribution is 6.09. The maximum atomic E-state index is 4.57. The molecular formula is C15H11N3. The molecule has 1 aliphatic heterocycles. The van der Waals surface area contributed by atoms with Crippen molar-refractivity contribution in [2.24, 2.45) is 12.0 Å². The number of aromatic nitrogens is 2. The third-order valence-electron chi connectivity index (χ3n) is 3.42. The van der Waals surface area contributed by atoms with Crippen molar-refractivity contribution in [3.63, 3.8) is 0 Å². The SMILES string of the molecule is Cn1cc2c3c(ccnc31)-c1ccccc1N=C2. The number of hydrogen-bond acceptors (Lipinski definition) is 2. The van der Waals surface area contributed by atoms with Crippen LogP contribution in [0.2, 0.25) is 0 Å². The Morgan fingerprint density at radius 2 is 1.94 bits per heavy atom. The minimum absolute atomic E-state index is 1.01. The number of pyridine rings is 1. The zero-order chi connectivity index (χ0) is 12.1. The van der Waals surface area contributed by atoms with Gasteiger partial charge in [-0.3, -0.25) is 4.99 Å². The van der Waals surface area contributed by atoms with Crippen LogP contribution in [-0.4, -0.2) is 15.8 Å². The van der Waals surface area contributed by atoms with Crippen LogP contribution in [0.1, 0.15) is 5.56 Å². The van der Waals surface area contributed by atoms with Gasteiger partial charge >= 0.3 is 0 Å². The molecule has 86 valence electrons. The summed E-state index contributed by atoms with van der Waals surface area (Å²) in [7, 11) is 2.02. The van der Waals surface area contributed by atoms with E-state index in [-0.39, 0.29) is 0 Å². The van der Waals surface area contributed by atoms with E-state index in [2.05, 4.69) is 34.4 Å². The Kier molecular flexibility index (Phi) is 1.75. The molecule has 3 nitrogen and oxygen atoms in total. The van der Waals surface area contributed by atoms with E-state index < -0.39 is 0 Å². The first-order valence-corrected chi connectivity index (χ1v) is 5.92. The fourth-order valence-electron chi connectivity index (χ4n) is 2.61. The van der Waals surface area contributed by atoms with E-state index in [1.165, 1.54) is 16.5 Å². The van der Waals surface area contributed by atoms with E-state index in [0.29, 0.717) is 0 Å². The molecule has 18 heavy (non-hydrogen) atoms. The zero-order valence-corrected chi connectivity index (χ0v) is 9.96. The lowest BCUT2D eigenvalue weighted by atomic mass is 10.0. The Hall–Kier alpha value is -2.42. The van der Waals surface area contributed by atoms with Crippen LogP contribution in [0, 0.1) is 0 Å². The molecule has 3 aromatic rings. The quantitative estimate of drug-likeness (QED) is 0.458. The van der Waals surface area contributed by atoms with Crippen molar-refractivity contribution >= 4 is 22.9 Å². The normalized spacial score (nSPS) is 12.5. The molecular weight excluding hydrogens is 222 g/mol. The molecule has 2 aromatic heterocycles. The van der Waals surface area contributed by atoms with Gasteiger partial charge in [0.15, 0.2) is 0 Å². The first-order valence-electron chi connectivity index (χ1n) is 5.92. The summed E-state index contributed by atoms with van der Waals surface area (Å²) in [5.41, 5.74) is 5.54. The lowest BCUT2D eigenvalue weighted by Gasteiger charge is -2.05. The van der Waals surface area contributed by atoms with Crippen LogP contribution in [0.4, 0.5) is 5.69 Å². The summed E-state index contributed by atoms with van der Waals surface area (Å²) in [6, 6.07) is 10.3. The minimum Gasteiger partial charge on any atom is -0.335 e. The molecule has 1 aliphatic rings. The Morgan fingerprint density at radius 1 is 1.06 bits per heavy atom. The summed E-state index contributed by atoms with van der Waals surface area (Å²) in [4.78, 5) is 9.03. The Morgan fingerprint density at radius 3 is 2.89 bits per heavy atom. The van der Waals surface area contributed by atoms with Crippen molar-refractivity contribution in [1.82, 2.24) is 9.55 Å². The van der Waals surface area contributed by atoms with E-state index in [1.807, 2.05) is 36.2 Å². The number of para-hydroxylation sites is 1. The smallest absolute Gasteiger partial charge is 0.140 e. The highest BCUT2D eigenvalue weighted by atomic mass is 15.0. The van der Waals surface area contributed by atoms with Crippen LogP contribution >= 0.6 is 0 Å². The molecule has 0 unspecified atom stereocenters. The van der Waals surface area contributed by atoms with Crippen LogP contribution in [0.5, 0.6) is 0 Å². The number of nitrogens with zero attached hydrogens (tertiary/aromatic N) is 3. The number of aryl methyl sites for hydroxylation is 1. The second kappa shape index (κ2) is 3.29. The molecule has 0 bridgehead atoms. The average Bonchev–Trinajstić information content (AvgIpc) is 2.64. The second-order valence-electron chi connectivity index (χ2n) is 4.53. The fourth-order valence-corrected chi connectivity index (χ4v) is 2.61. The van der Waals surface area contributed by atoms with Crippen LogP contribution in [0.25, 0.3) is 22.2 Å². The molecule has 0 fully saturated rings. The molecule has 0 aliphatic carbocycles. The molecule has 0 saturated carbocycles. The first kappa shape index (κ1) is 9.59. The summed E-state index contributed by atoms with van der Waals surface area (Å²) in [6.07, 6.45) is 5.87. The van der Waals surface area contributed by atoms with Crippen molar-refractivity contribution in [3.05, 3.63) is 48.3 Å². The van der Waals surface area contributed by atoms with Crippen molar-refractivity contribution in [1.29, 1.82) is 0 Å². The van der Waals surface area contributed by atoms with Crippen molar-refractivity contribution in [2.45, 2.75) is 0 Å². The van der Waals surface area contributed by atoms with Gasteiger partial charge in [0.2, 0.25) is 0 Å². The Balaban J connectivity index is 2.24. The minimum atomic E-state index is 1.01. The molecule has 0 spiro atoms. The Bertz CT molecular complexity index is 797. The van der Waals surface area contributed by atoms with E-state index in [0.717, 1.165) is 16.9 Å². The van der Waals surface area contributed by atoms with Gasteiger partial charge in [-0.05, 0) is 17.7 Å². The predicted molar refractivity (Wildman–Crippen MR) is 73.4 cm³/mol.